The van der Waals surface area contributed by atoms with Crippen LogP contribution in [0.1, 0.15) is 29.2 Å². The Labute approximate surface area is 181 Å². The summed E-state index contributed by atoms with van der Waals surface area (Å²) in [5.41, 5.74) is 2.12. The summed E-state index contributed by atoms with van der Waals surface area (Å²) in [7, 11) is 4.63. The van der Waals surface area contributed by atoms with E-state index in [2.05, 4.69) is 0 Å². The summed E-state index contributed by atoms with van der Waals surface area (Å²) in [5, 5.41) is 11.1. The monoisotopic (exact) mass is 425 g/mol. The van der Waals surface area contributed by atoms with Crippen molar-refractivity contribution in [1.29, 1.82) is 0 Å². The molecular weight excluding hydrogens is 398 g/mol. The molecule has 2 aromatic carbocycles. The van der Waals surface area contributed by atoms with Crippen molar-refractivity contribution in [3.8, 4) is 11.5 Å². The molecule has 0 bridgehead atoms. The van der Waals surface area contributed by atoms with Gasteiger partial charge in [0.1, 0.15) is 17.3 Å². The van der Waals surface area contributed by atoms with Crippen molar-refractivity contribution in [3.63, 3.8) is 0 Å². The summed E-state index contributed by atoms with van der Waals surface area (Å²) in [4.78, 5) is 27.4. The first kappa shape index (κ1) is 22.4. The van der Waals surface area contributed by atoms with Crippen LogP contribution in [-0.2, 0) is 14.3 Å². The fraction of sp³-hybridized carbons (Fsp3) is 0.333. The maximum atomic E-state index is 13.0. The van der Waals surface area contributed by atoms with Gasteiger partial charge >= 0.3 is 0 Å². The van der Waals surface area contributed by atoms with Gasteiger partial charge in [0, 0.05) is 37.5 Å². The number of carbonyl (C=O) groups excluding carboxylic acids is 2. The summed E-state index contributed by atoms with van der Waals surface area (Å²) in [5.74, 6) is -0.560. The molecule has 164 valence electrons. The molecule has 1 saturated heterocycles. The lowest BCUT2D eigenvalue weighted by Crippen LogP contribution is -2.31. The number of ether oxygens (including phenoxy) is 3. The molecule has 1 fully saturated rings. The van der Waals surface area contributed by atoms with E-state index in [1.165, 1.54) is 12.0 Å². The van der Waals surface area contributed by atoms with Crippen molar-refractivity contribution in [3.05, 3.63) is 64.7 Å². The van der Waals surface area contributed by atoms with Crippen LogP contribution >= 0.6 is 0 Å². The zero-order valence-corrected chi connectivity index (χ0v) is 18.2. The van der Waals surface area contributed by atoms with E-state index in [-0.39, 0.29) is 11.3 Å². The average Bonchev–Trinajstić information content (AvgIpc) is 3.03. The lowest BCUT2D eigenvalue weighted by Gasteiger charge is -2.26. The van der Waals surface area contributed by atoms with Gasteiger partial charge < -0.3 is 24.2 Å². The van der Waals surface area contributed by atoms with Crippen LogP contribution in [0.5, 0.6) is 11.5 Å². The maximum Gasteiger partial charge on any atom is 0.295 e. The highest BCUT2D eigenvalue weighted by Crippen LogP contribution is 2.43. The molecule has 1 atom stereocenters. The minimum absolute atomic E-state index is 0.0368. The summed E-state index contributed by atoms with van der Waals surface area (Å²) < 4.78 is 15.9. The zero-order valence-electron chi connectivity index (χ0n) is 18.2. The summed E-state index contributed by atoms with van der Waals surface area (Å²) in [6.45, 7) is 2.66. The number of rotatable bonds is 8. The zero-order chi connectivity index (χ0) is 22.5. The van der Waals surface area contributed by atoms with Gasteiger partial charge in [0.15, 0.2) is 0 Å². The number of aliphatic hydroxyl groups excluding tert-OH is 1. The predicted molar refractivity (Wildman–Crippen MR) is 116 cm³/mol. The third-order valence-electron chi connectivity index (χ3n) is 5.35. The Morgan fingerprint density at radius 3 is 2.35 bits per heavy atom. The molecule has 1 heterocycles. The number of hydrogen-bond acceptors (Lipinski definition) is 6. The second-order valence-corrected chi connectivity index (χ2v) is 7.31. The van der Waals surface area contributed by atoms with Crippen LogP contribution in [0.4, 0.5) is 0 Å². The second kappa shape index (κ2) is 9.66. The number of methoxy groups -OCH3 is 3. The topological polar surface area (TPSA) is 85.3 Å². The van der Waals surface area contributed by atoms with E-state index in [0.29, 0.717) is 42.2 Å². The number of nitrogens with zero attached hydrogens (tertiary/aromatic N) is 1. The Kier molecular flexibility index (Phi) is 6.97. The standard InChI is InChI=1S/C24H27NO6/c1-15-6-8-16(9-7-15)22(26)20-21(18-11-10-17(30-3)14-19(18)31-4)25(12-5-13-29-2)24(28)23(20)27/h6-11,14,21,26H,5,12-13H2,1-4H3/b22-20+/t21-/m1/s1. The largest absolute Gasteiger partial charge is 0.507 e. The Morgan fingerprint density at radius 1 is 1.03 bits per heavy atom. The first-order chi connectivity index (χ1) is 14.9. The minimum Gasteiger partial charge on any atom is -0.507 e. The molecule has 7 heteroatoms. The Morgan fingerprint density at radius 2 is 1.74 bits per heavy atom. The van der Waals surface area contributed by atoms with Crippen LogP contribution in [0, 0.1) is 6.92 Å². The van der Waals surface area contributed by atoms with Gasteiger partial charge in [-0.2, -0.15) is 0 Å². The third kappa shape index (κ3) is 4.41. The molecule has 2 aromatic rings. The fourth-order valence-corrected chi connectivity index (χ4v) is 3.72. The van der Waals surface area contributed by atoms with Gasteiger partial charge in [0.05, 0.1) is 25.8 Å². The molecule has 0 radical (unpaired) electrons. The van der Waals surface area contributed by atoms with Crippen LogP contribution in [-0.4, -0.2) is 56.2 Å². The molecule has 0 spiro atoms. The number of Topliss-reactive ketones (excluding diaryl/α,β-unsaturated/α-hetero) is 1. The highest BCUT2D eigenvalue weighted by Gasteiger charge is 2.46. The smallest absolute Gasteiger partial charge is 0.295 e. The quantitative estimate of drug-likeness (QED) is 0.302. The number of aliphatic hydroxyl groups is 1. The number of ketones is 1. The molecule has 1 amide bonds. The molecular formula is C24H27NO6. The second-order valence-electron chi connectivity index (χ2n) is 7.31. The Hall–Kier alpha value is -3.32. The van der Waals surface area contributed by atoms with Crippen LogP contribution < -0.4 is 9.47 Å². The molecule has 31 heavy (non-hydrogen) atoms. The summed E-state index contributed by atoms with van der Waals surface area (Å²) in [6, 6.07) is 11.5. The SMILES string of the molecule is COCCCN1C(=O)C(=O)/C(=C(/O)c2ccc(C)cc2)[C@H]1c1ccc(OC)cc1OC. The first-order valence-corrected chi connectivity index (χ1v) is 9.99. The molecule has 7 nitrogen and oxygen atoms in total. The van der Waals surface area contributed by atoms with Gasteiger partial charge in [-0.3, -0.25) is 9.59 Å². The van der Waals surface area contributed by atoms with E-state index in [9.17, 15) is 14.7 Å². The fourth-order valence-electron chi connectivity index (χ4n) is 3.72. The van der Waals surface area contributed by atoms with E-state index in [1.54, 1.807) is 44.6 Å². The molecule has 3 rings (SSSR count). The number of carbonyl (C=O) groups is 2. The van der Waals surface area contributed by atoms with Gasteiger partial charge in [-0.05, 0) is 25.5 Å². The molecule has 1 aliphatic heterocycles. The highest BCUT2D eigenvalue weighted by molar-refractivity contribution is 6.46. The lowest BCUT2D eigenvalue weighted by atomic mass is 9.94. The van der Waals surface area contributed by atoms with E-state index in [0.717, 1.165) is 5.56 Å². The number of likely N-dealkylation sites (tertiary alicyclic amines) is 1. The van der Waals surface area contributed by atoms with E-state index >= 15 is 0 Å². The first-order valence-electron chi connectivity index (χ1n) is 9.99. The van der Waals surface area contributed by atoms with Crippen molar-refractivity contribution >= 4 is 17.4 Å². The lowest BCUT2D eigenvalue weighted by molar-refractivity contribution is -0.140. The van der Waals surface area contributed by atoms with Crippen molar-refractivity contribution in [2.75, 3.05) is 34.5 Å². The van der Waals surface area contributed by atoms with Crippen molar-refractivity contribution in [2.24, 2.45) is 0 Å². The molecule has 1 N–H and O–H groups in total. The average molecular weight is 425 g/mol. The van der Waals surface area contributed by atoms with Crippen LogP contribution in [0.2, 0.25) is 0 Å². The summed E-state index contributed by atoms with van der Waals surface area (Å²) in [6.07, 6.45) is 0.545. The van der Waals surface area contributed by atoms with Crippen LogP contribution in [0.25, 0.3) is 5.76 Å². The maximum absolute atomic E-state index is 13.0. The molecule has 0 aliphatic carbocycles. The van der Waals surface area contributed by atoms with Gasteiger partial charge in [0.25, 0.3) is 11.7 Å². The molecule has 0 saturated carbocycles. The van der Waals surface area contributed by atoms with Crippen LogP contribution in [0.15, 0.2) is 48.0 Å². The highest BCUT2D eigenvalue weighted by atomic mass is 16.5. The van der Waals surface area contributed by atoms with E-state index < -0.39 is 17.7 Å². The Bertz CT molecular complexity index is 996. The van der Waals surface area contributed by atoms with Gasteiger partial charge in [-0.1, -0.05) is 29.8 Å². The Balaban J connectivity index is 2.18. The van der Waals surface area contributed by atoms with E-state index in [4.69, 9.17) is 14.2 Å². The number of hydrogen-bond donors (Lipinski definition) is 1. The molecule has 0 unspecified atom stereocenters. The number of aryl methyl sites for hydroxylation is 1. The predicted octanol–water partition coefficient (Wildman–Crippen LogP) is 3.47. The summed E-state index contributed by atoms with van der Waals surface area (Å²) >= 11 is 0. The minimum atomic E-state index is -0.793. The van der Waals surface area contributed by atoms with Crippen LogP contribution in [0.3, 0.4) is 0 Å². The van der Waals surface area contributed by atoms with E-state index in [1.807, 2.05) is 19.1 Å². The number of benzene rings is 2. The van der Waals surface area contributed by atoms with Crippen molar-refractivity contribution < 1.29 is 28.9 Å². The molecule has 0 aromatic heterocycles. The number of amides is 1. The van der Waals surface area contributed by atoms with Gasteiger partial charge in [0.2, 0.25) is 0 Å². The third-order valence-corrected chi connectivity index (χ3v) is 5.35. The van der Waals surface area contributed by atoms with Gasteiger partial charge in [-0.25, -0.2) is 0 Å². The van der Waals surface area contributed by atoms with Crippen molar-refractivity contribution in [2.45, 2.75) is 19.4 Å². The molecule has 1 aliphatic rings. The van der Waals surface area contributed by atoms with Gasteiger partial charge in [-0.15, -0.1) is 0 Å². The van der Waals surface area contributed by atoms with Crippen molar-refractivity contribution in [1.82, 2.24) is 4.90 Å². The normalized spacial score (nSPS) is 17.8.